The van der Waals surface area contributed by atoms with Crippen molar-refractivity contribution < 1.29 is 19.1 Å². The van der Waals surface area contributed by atoms with E-state index in [0.717, 1.165) is 11.1 Å². The Hall–Kier alpha value is -2.30. The zero-order valence-electron chi connectivity index (χ0n) is 11.9. The predicted molar refractivity (Wildman–Crippen MR) is 75.2 cm³/mol. The molecule has 1 aromatic rings. The van der Waals surface area contributed by atoms with Crippen LogP contribution in [-0.2, 0) is 19.1 Å². The Morgan fingerprint density at radius 2 is 1.90 bits per heavy atom. The number of methoxy groups -OCH3 is 2. The molecule has 106 valence electrons. The molecule has 20 heavy (non-hydrogen) atoms. The molecule has 1 unspecified atom stereocenters. The largest absolute Gasteiger partial charge is 0.467 e. The molecule has 0 saturated heterocycles. The van der Waals surface area contributed by atoms with E-state index in [-0.39, 0.29) is 0 Å². The van der Waals surface area contributed by atoms with Crippen molar-refractivity contribution in [3.63, 3.8) is 0 Å². The summed E-state index contributed by atoms with van der Waals surface area (Å²) in [6, 6.07) is 5.62. The molecule has 0 aliphatic carbocycles. The Morgan fingerprint density at radius 3 is 2.50 bits per heavy atom. The first-order chi connectivity index (χ1) is 9.41. The van der Waals surface area contributed by atoms with Crippen LogP contribution in [0.2, 0.25) is 0 Å². The third kappa shape index (κ3) is 2.27. The van der Waals surface area contributed by atoms with Gasteiger partial charge in [0, 0.05) is 11.3 Å². The zero-order valence-corrected chi connectivity index (χ0v) is 11.9. The van der Waals surface area contributed by atoms with E-state index in [4.69, 9.17) is 9.47 Å². The molecule has 1 aliphatic heterocycles. The fourth-order valence-corrected chi connectivity index (χ4v) is 2.27. The number of carbonyl (C=O) groups excluding carboxylic acids is 2. The third-order valence-electron chi connectivity index (χ3n) is 3.31. The number of aryl methyl sites for hydroxylation is 1. The minimum atomic E-state index is -1.10. The van der Waals surface area contributed by atoms with Crippen molar-refractivity contribution in [3.05, 3.63) is 35.4 Å². The number of esters is 2. The van der Waals surface area contributed by atoms with E-state index in [9.17, 15) is 9.59 Å². The molecular weight excluding hydrogens is 258 g/mol. The summed E-state index contributed by atoms with van der Waals surface area (Å²) in [5.74, 6) is -0.946. The van der Waals surface area contributed by atoms with Crippen molar-refractivity contribution in [1.29, 1.82) is 0 Å². The lowest BCUT2D eigenvalue weighted by Gasteiger charge is -2.32. The topological polar surface area (TPSA) is 64.6 Å². The summed E-state index contributed by atoms with van der Waals surface area (Å²) in [5, 5.41) is 3.10. The van der Waals surface area contributed by atoms with Gasteiger partial charge in [-0.25, -0.2) is 9.59 Å². The standard InChI is InChI=1S/C15H17NO4/c1-9-5-6-12-10(7-9)11(13(17)19-3)8-15(2,16-12)14(18)20-4/h5-8,16H,1-4H3. The highest BCUT2D eigenvalue weighted by molar-refractivity contribution is 6.20. The van der Waals surface area contributed by atoms with Crippen LogP contribution in [0.5, 0.6) is 0 Å². The summed E-state index contributed by atoms with van der Waals surface area (Å²) in [6.45, 7) is 3.59. The summed E-state index contributed by atoms with van der Waals surface area (Å²) in [7, 11) is 2.63. The zero-order chi connectivity index (χ0) is 14.9. The van der Waals surface area contributed by atoms with E-state index in [1.54, 1.807) is 13.0 Å². The highest BCUT2D eigenvalue weighted by atomic mass is 16.5. The number of carbonyl (C=O) groups is 2. The quantitative estimate of drug-likeness (QED) is 0.835. The first-order valence-electron chi connectivity index (χ1n) is 6.20. The monoisotopic (exact) mass is 275 g/mol. The highest BCUT2D eigenvalue weighted by Crippen LogP contribution is 2.35. The molecule has 0 saturated carbocycles. The highest BCUT2D eigenvalue weighted by Gasteiger charge is 2.38. The van der Waals surface area contributed by atoms with E-state index in [1.807, 2.05) is 25.1 Å². The molecule has 5 heteroatoms. The number of ether oxygens (including phenoxy) is 2. The second kappa shape index (κ2) is 5.00. The van der Waals surface area contributed by atoms with Crippen molar-refractivity contribution >= 4 is 23.2 Å². The molecular formula is C15H17NO4. The van der Waals surface area contributed by atoms with Crippen molar-refractivity contribution in [2.24, 2.45) is 0 Å². The lowest BCUT2D eigenvalue weighted by Crippen LogP contribution is -2.45. The molecule has 5 nitrogen and oxygen atoms in total. The number of nitrogens with one attached hydrogen (secondary N) is 1. The van der Waals surface area contributed by atoms with Crippen LogP contribution in [0.4, 0.5) is 5.69 Å². The van der Waals surface area contributed by atoms with Crippen LogP contribution in [0, 0.1) is 6.92 Å². The molecule has 1 N–H and O–H groups in total. The Kier molecular flexibility index (Phi) is 3.53. The Bertz CT molecular complexity index is 606. The number of rotatable bonds is 2. The molecule has 1 heterocycles. The van der Waals surface area contributed by atoms with Gasteiger partial charge in [-0.3, -0.25) is 0 Å². The van der Waals surface area contributed by atoms with Gasteiger partial charge >= 0.3 is 11.9 Å². The maximum atomic E-state index is 12.0. The van der Waals surface area contributed by atoms with Crippen LogP contribution < -0.4 is 5.32 Å². The van der Waals surface area contributed by atoms with Gasteiger partial charge in [-0.05, 0) is 32.1 Å². The van der Waals surface area contributed by atoms with Crippen LogP contribution in [0.15, 0.2) is 24.3 Å². The second-order valence-corrected chi connectivity index (χ2v) is 4.92. The Balaban J connectivity index is 2.61. The summed E-state index contributed by atoms with van der Waals surface area (Å²) in [4.78, 5) is 23.9. The fourth-order valence-electron chi connectivity index (χ4n) is 2.27. The lowest BCUT2D eigenvalue weighted by molar-refractivity contribution is -0.143. The van der Waals surface area contributed by atoms with E-state index in [0.29, 0.717) is 11.3 Å². The van der Waals surface area contributed by atoms with Crippen LogP contribution in [0.25, 0.3) is 5.57 Å². The summed E-state index contributed by atoms with van der Waals surface area (Å²) >= 11 is 0. The van der Waals surface area contributed by atoms with Gasteiger partial charge < -0.3 is 14.8 Å². The van der Waals surface area contributed by atoms with Gasteiger partial charge in [-0.1, -0.05) is 11.6 Å². The van der Waals surface area contributed by atoms with Gasteiger partial charge in [-0.15, -0.1) is 0 Å². The molecule has 0 radical (unpaired) electrons. The maximum absolute atomic E-state index is 12.0. The molecule has 0 amide bonds. The van der Waals surface area contributed by atoms with E-state index in [2.05, 4.69) is 5.32 Å². The first-order valence-corrected chi connectivity index (χ1v) is 6.20. The normalized spacial score (nSPS) is 20.3. The van der Waals surface area contributed by atoms with Crippen LogP contribution >= 0.6 is 0 Å². The molecule has 1 atom stereocenters. The Labute approximate surface area is 117 Å². The van der Waals surface area contributed by atoms with Crippen LogP contribution in [0.3, 0.4) is 0 Å². The van der Waals surface area contributed by atoms with Gasteiger partial charge in [0.15, 0.2) is 5.54 Å². The molecule has 1 aliphatic rings. The molecule has 2 rings (SSSR count). The average molecular weight is 275 g/mol. The lowest BCUT2D eigenvalue weighted by atomic mass is 9.88. The fraction of sp³-hybridized carbons (Fsp3) is 0.333. The molecule has 0 bridgehead atoms. The SMILES string of the molecule is COC(=O)C1=CC(C)(C(=O)OC)Nc2ccc(C)cc21. The third-order valence-corrected chi connectivity index (χ3v) is 3.31. The molecule has 0 spiro atoms. The summed E-state index contributed by atoms with van der Waals surface area (Å²) < 4.78 is 9.60. The number of fused-ring (bicyclic) bond motifs is 1. The molecule has 0 fully saturated rings. The minimum Gasteiger partial charge on any atom is -0.467 e. The smallest absolute Gasteiger partial charge is 0.338 e. The first kappa shape index (κ1) is 14.1. The minimum absolute atomic E-state index is 0.359. The molecule has 0 aromatic heterocycles. The van der Waals surface area contributed by atoms with Crippen molar-refractivity contribution in [2.45, 2.75) is 19.4 Å². The number of benzene rings is 1. The summed E-state index contributed by atoms with van der Waals surface area (Å²) in [6.07, 6.45) is 1.55. The molecule has 1 aromatic carbocycles. The Morgan fingerprint density at radius 1 is 1.20 bits per heavy atom. The van der Waals surface area contributed by atoms with E-state index < -0.39 is 17.5 Å². The van der Waals surface area contributed by atoms with Crippen molar-refractivity contribution in [2.75, 3.05) is 19.5 Å². The van der Waals surface area contributed by atoms with Gasteiger partial charge in [0.25, 0.3) is 0 Å². The van der Waals surface area contributed by atoms with E-state index >= 15 is 0 Å². The van der Waals surface area contributed by atoms with Crippen LogP contribution in [-0.4, -0.2) is 31.7 Å². The average Bonchev–Trinajstić information content (AvgIpc) is 2.45. The number of hydrogen-bond acceptors (Lipinski definition) is 5. The predicted octanol–water partition coefficient (Wildman–Crippen LogP) is 1.91. The summed E-state index contributed by atoms with van der Waals surface area (Å²) in [5.41, 5.74) is 1.70. The van der Waals surface area contributed by atoms with Gasteiger partial charge in [0.1, 0.15) is 0 Å². The maximum Gasteiger partial charge on any atom is 0.338 e. The van der Waals surface area contributed by atoms with Crippen molar-refractivity contribution in [3.8, 4) is 0 Å². The van der Waals surface area contributed by atoms with Crippen LogP contribution in [0.1, 0.15) is 18.1 Å². The number of hydrogen-bond donors (Lipinski definition) is 1. The van der Waals surface area contributed by atoms with Gasteiger partial charge in [0.2, 0.25) is 0 Å². The number of anilines is 1. The van der Waals surface area contributed by atoms with Gasteiger partial charge in [0.05, 0.1) is 19.8 Å². The second-order valence-electron chi connectivity index (χ2n) is 4.92. The van der Waals surface area contributed by atoms with Crippen molar-refractivity contribution in [1.82, 2.24) is 0 Å². The van der Waals surface area contributed by atoms with E-state index in [1.165, 1.54) is 14.2 Å². The van der Waals surface area contributed by atoms with Gasteiger partial charge in [-0.2, -0.15) is 0 Å².